The Kier molecular flexibility index (Phi) is 5.64. The Morgan fingerprint density at radius 2 is 2.00 bits per heavy atom. The molecule has 0 saturated carbocycles. The molecule has 1 heterocycles. The molecule has 0 fully saturated rings. The Hall–Kier alpha value is -2.74. The summed E-state index contributed by atoms with van der Waals surface area (Å²) in [5, 5.41) is 2.42. The maximum absolute atomic E-state index is 12.2. The van der Waals surface area contributed by atoms with Crippen LogP contribution in [-0.4, -0.2) is 30.6 Å². The molecular weight excluding hydrogens is 346 g/mol. The summed E-state index contributed by atoms with van der Waals surface area (Å²) in [5.74, 6) is -1.34. The Balaban J connectivity index is 2.09. The minimum Gasteiger partial charge on any atom is -0.465 e. The number of hydrogen-bond donors (Lipinski definition) is 1. The fraction of sp³-hybridized carbons (Fsp3) is 0.133. The molecule has 6 nitrogen and oxygen atoms in total. The van der Waals surface area contributed by atoms with Crippen LogP contribution in [0.4, 0.5) is 14.5 Å². The third-order valence-electron chi connectivity index (χ3n) is 2.82. The van der Waals surface area contributed by atoms with Gasteiger partial charge in [0.15, 0.2) is 0 Å². The molecule has 0 spiro atoms. The van der Waals surface area contributed by atoms with E-state index in [1.165, 1.54) is 43.6 Å². The van der Waals surface area contributed by atoms with E-state index in [0.29, 0.717) is 0 Å². The topological polar surface area (TPSA) is 77.5 Å². The number of amides is 1. The Labute approximate surface area is 140 Å². The molecule has 1 aromatic carbocycles. The van der Waals surface area contributed by atoms with Gasteiger partial charge in [-0.25, -0.2) is 4.79 Å². The SMILES string of the molecule is COC(=O)c1ccc(C(=O)Nc2ccc(OC(F)F)c(Cl)c2)nc1. The van der Waals surface area contributed by atoms with Gasteiger partial charge in [-0.3, -0.25) is 9.78 Å². The highest BCUT2D eigenvalue weighted by Gasteiger charge is 2.13. The quantitative estimate of drug-likeness (QED) is 0.831. The molecule has 1 amide bonds. The molecule has 0 bridgehead atoms. The summed E-state index contributed by atoms with van der Waals surface area (Å²) in [5.41, 5.74) is 0.516. The second kappa shape index (κ2) is 7.69. The van der Waals surface area contributed by atoms with Crippen molar-refractivity contribution in [2.45, 2.75) is 6.61 Å². The lowest BCUT2D eigenvalue weighted by atomic mass is 10.2. The lowest BCUT2D eigenvalue weighted by Gasteiger charge is -2.09. The third-order valence-corrected chi connectivity index (χ3v) is 3.12. The van der Waals surface area contributed by atoms with Crippen LogP contribution < -0.4 is 10.1 Å². The van der Waals surface area contributed by atoms with E-state index >= 15 is 0 Å². The molecule has 2 rings (SSSR count). The van der Waals surface area contributed by atoms with Gasteiger partial charge in [-0.1, -0.05) is 11.6 Å². The Morgan fingerprint density at radius 3 is 2.54 bits per heavy atom. The number of rotatable bonds is 5. The average molecular weight is 357 g/mol. The lowest BCUT2D eigenvalue weighted by molar-refractivity contribution is -0.0497. The molecule has 24 heavy (non-hydrogen) atoms. The molecule has 0 radical (unpaired) electrons. The van der Waals surface area contributed by atoms with Crippen LogP contribution >= 0.6 is 11.6 Å². The predicted molar refractivity (Wildman–Crippen MR) is 81.6 cm³/mol. The van der Waals surface area contributed by atoms with Crippen molar-refractivity contribution >= 4 is 29.2 Å². The van der Waals surface area contributed by atoms with Crippen molar-refractivity contribution in [3.05, 3.63) is 52.8 Å². The first-order valence-corrected chi connectivity index (χ1v) is 6.88. The highest BCUT2D eigenvalue weighted by atomic mass is 35.5. The van der Waals surface area contributed by atoms with Crippen LogP contribution in [0.15, 0.2) is 36.5 Å². The van der Waals surface area contributed by atoms with Crippen LogP contribution in [0.1, 0.15) is 20.8 Å². The summed E-state index contributed by atoms with van der Waals surface area (Å²) in [4.78, 5) is 27.2. The zero-order valence-corrected chi connectivity index (χ0v) is 13.0. The van der Waals surface area contributed by atoms with Crippen LogP contribution in [0.25, 0.3) is 0 Å². The number of carbonyl (C=O) groups excluding carboxylic acids is 2. The number of benzene rings is 1. The molecule has 2 aromatic rings. The molecule has 9 heteroatoms. The van der Waals surface area contributed by atoms with Crippen LogP contribution in [0, 0.1) is 0 Å². The normalized spacial score (nSPS) is 10.4. The largest absolute Gasteiger partial charge is 0.465 e. The standard InChI is InChI=1S/C15H11ClF2N2O4/c1-23-14(22)8-2-4-11(19-7-8)13(21)20-9-3-5-12(10(16)6-9)24-15(17)18/h2-7,15H,1H3,(H,20,21). The summed E-state index contributed by atoms with van der Waals surface area (Å²) in [6, 6.07) is 6.56. The first-order valence-electron chi connectivity index (χ1n) is 6.51. The number of aromatic nitrogens is 1. The lowest BCUT2D eigenvalue weighted by Crippen LogP contribution is -2.14. The number of esters is 1. The van der Waals surface area contributed by atoms with Crippen LogP contribution in [0.2, 0.25) is 5.02 Å². The number of methoxy groups -OCH3 is 1. The van der Waals surface area contributed by atoms with Crippen molar-refractivity contribution in [3.63, 3.8) is 0 Å². The first kappa shape index (κ1) is 17.6. The highest BCUT2D eigenvalue weighted by Crippen LogP contribution is 2.29. The molecule has 1 N–H and O–H groups in total. The van der Waals surface area contributed by atoms with Gasteiger partial charge in [0.2, 0.25) is 0 Å². The van der Waals surface area contributed by atoms with Gasteiger partial charge in [-0.2, -0.15) is 8.78 Å². The van der Waals surface area contributed by atoms with E-state index in [1.54, 1.807) is 0 Å². The fourth-order valence-electron chi connectivity index (χ4n) is 1.73. The molecule has 0 aliphatic rings. The van der Waals surface area contributed by atoms with E-state index in [1.807, 2.05) is 0 Å². The molecule has 1 aromatic heterocycles. The first-order chi connectivity index (χ1) is 11.4. The zero-order valence-electron chi connectivity index (χ0n) is 12.3. The minimum atomic E-state index is -3.00. The molecule has 0 aliphatic carbocycles. The van der Waals surface area contributed by atoms with E-state index in [0.717, 1.165) is 0 Å². The molecular formula is C15H11ClF2N2O4. The number of anilines is 1. The van der Waals surface area contributed by atoms with Gasteiger partial charge >= 0.3 is 12.6 Å². The summed E-state index contributed by atoms with van der Waals surface area (Å²) < 4.78 is 33.0. The fourth-order valence-corrected chi connectivity index (χ4v) is 1.96. The van der Waals surface area contributed by atoms with Gasteiger partial charge in [-0.15, -0.1) is 0 Å². The molecule has 0 atom stereocenters. The van der Waals surface area contributed by atoms with Crippen molar-refractivity contribution in [1.82, 2.24) is 4.98 Å². The highest BCUT2D eigenvalue weighted by molar-refractivity contribution is 6.32. The molecule has 0 unspecified atom stereocenters. The van der Waals surface area contributed by atoms with Crippen LogP contribution in [0.5, 0.6) is 5.75 Å². The van der Waals surface area contributed by atoms with Crippen LogP contribution in [0.3, 0.4) is 0 Å². The van der Waals surface area contributed by atoms with Gasteiger partial charge in [-0.05, 0) is 30.3 Å². The Morgan fingerprint density at radius 1 is 1.25 bits per heavy atom. The van der Waals surface area contributed by atoms with Crippen molar-refractivity contribution in [3.8, 4) is 5.75 Å². The number of nitrogens with one attached hydrogen (secondary N) is 1. The second-order valence-electron chi connectivity index (χ2n) is 4.40. The van der Waals surface area contributed by atoms with E-state index in [9.17, 15) is 18.4 Å². The predicted octanol–water partition coefficient (Wildman–Crippen LogP) is 3.38. The van der Waals surface area contributed by atoms with Gasteiger partial charge in [0.25, 0.3) is 5.91 Å². The maximum atomic E-state index is 12.2. The zero-order chi connectivity index (χ0) is 17.7. The summed E-state index contributed by atoms with van der Waals surface area (Å²) in [6.45, 7) is -3.00. The van der Waals surface area contributed by atoms with Crippen molar-refractivity contribution in [2.75, 3.05) is 12.4 Å². The number of ether oxygens (including phenoxy) is 2. The molecule has 0 saturated heterocycles. The van der Waals surface area contributed by atoms with E-state index in [2.05, 4.69) is 19.8 Å². The van der Waals surface area contributed by atoms with Crippen LogP contribution in [-0.2, 0) is 4.74 Å². The van der Waals surface area contributed by atoms with E-state index in [-0.39, 0.29) is 27.7 Å². The molecule has 0 aliphatic heterocycles. The number of carbonyl (C=O) groups is 2. The smallest absolute Gasteiger partial charge is 0.387 e. The van der Waals surface area contributed by atoms with E-state index < -0.39 is 18.5 Å². The van der Waals surface area contributed by atoms with Gasteiger partial charge in [0.1, 0.15) is 11.4 Å². The Bertz CT molecular complexity index is 754. The second-order valence-corrected chi connectivity index (χ2v) is 4.81. The maximum Gasteiger partial charge on any atom is 0.387 e. The summed E-state index contributed by atoms with van der Waals surface area (Å²) in [7, 11) is 1.23. The van der Waals surface area contributed by atoms with Crippen molar-refractivity contribution < 1.29 is 27.8 Å². The summed E-state index contributed by atoms with van der Waals surface area (Å²) >= 11 is 5.80. The number of hydrogen-bond acceptors (Lipinski definition) is 5. The summed E-state index contributed by atoms with van der Waals surface area (Å²) in [6.07, 6.45) is 1.20. The molecule has 126 valence electrons. The number of nitrogens with zero attached hydrogens (tertiary/aromatic N) is 1. The number of halogens is 3. The van der Waals surface area contributed by atoms with E-state index in [4.69, 9.17) is 11.6 Å². The van der Waals surface area contributed by atoms with Gasteiger partial charge < -0.3 is 14.8 Å². The number of pyridine rings is 1. The average Bonchev–Trinajstić information content (AvgIpc) is 2.56. The minimum absolute atomic E-state index is 0.0479. The third kappa shape index (κ3) is 4.39. The monoisotopic (exact) mass is 356 g/mol. The van der Waals surface area contributed by atoms with Gasteiger partial charge in [0, 0.05) is 11.9 Å². The van der Waals surface area contributed by atoms with Gasteiger partial charge in [0.05, 0.1) is 17.7 Å². The van der Waals surface area contributed by atoms with Crippen molar-refractivity contribution in [1.29, 1.82) is 0 Å². The number of alkyl halides is 2. The van der Waals surface area contributed by atoms with Crippen molar-refractivity contribution in [2.24, 2.45) is 0 Å².